The lowest BCUT2D eigenvalue weighted by Crippen LogP contribution is -2.24. The third-order valence-corrected chi connectivity index (χ3v) is 5.46. The largest absolute Gasteiger partial charge is 0.399 e. The summed E-state index contributed by atoms with van der Waals surface area (Å²) in [7, 11) is -3.03. The second-order valence-corrected chi connectivity index (χ2v) is 9.01. The molecule has 1 atom stereocenters. The normalized spacial score (nSPS) is 13.0. The van der Waals surface area contributed by atoms with Gasteiger partial charge in [-0.05, 0) is 19.1 Å². The molecule has 0 bridgehead atoms. The molecule has 3 N–H and O–H groups in total. The molecule has 0 spiro atoms. The van der Waals surface area contributed by atoms with Crippen LogP contribution in [0.2, 0.25) is 10.0 Å². The molecule has 0 aromatic heterocycles. The van der Waals surface area contributed by atoms with Crippen LogP contribution in [-0.2, 0) is 14.6 Å². The number of hydrogen-bond acceptors (Lipinski definition) is 5. The topological polar surface area (TPSA) is 89.3 Å². The van der Waals surface area contributed by atoms with Crippen LogP contribution in [0, 0.1) is 0 Å². The molecule has 118 valence electrons. The second-order valence-electron chi connectivity index (χ2n) is 4.49. The highest BCUT2D eigenvalue weighted by atomic mass is 35.5. The minimum atomic E-state index is -3.03. The lowest BCUT2D eigenvalue weighted by atomic mass is 10.2. The highest BCUT2D eigenvalue weighted by molar-refractivity contribution is 8.01. The van der Waals surface area contributed by atoms with Gasteiger partial charge in [0.25, 0.3) is 0 Å². The van der Waals surface area contributed by atoms with E-state index in [1.165, 1.54) is 23.9 Å². The van der Waals surface area contributed by atoms with Crippen molar-refractivity contribution in [1.29, 1.82) is 0 Å². The molecule has 0 saturated heterocycles. The fourth-order valence-electron chi connectivity index (χ4n) is 1.39. The van der Waals surface area contributed by atoms with Crippen LogP contribution in [0.4, 0.5) is 11.4 Å². The van der Waals surface area contributed by atoms with Gasteiger partial charge in [0.1, 0.15) is 9.84 Å². The Balaban J connectivity index is 2.65. The fraction of sp³-hybridized carbons (Fsp3) is 0.417. The Morgan fingerprint density at radius 3 is 2.38 bits per heavy atom. The quantitative estimate of drug-likeness (QED) is 0.751. The zero-order valence-electron chi connectivity index (χ0n) is 11.5. The van der Waals surface area contributed by atoms with Gasteiger partial charge in [-0.15, -0.1) is 11.8 Å². The van der Waals surface area contributed by atoms with Crippen molar-refractivity contribution in [3.8, 4) is 0 Å². The fourth-order valence-corrected chi connectivity index (χ4v) is 4.15. The maximum absolute atomic E-state index is 12.0. The summed E-state index contributed by atoms with van der Waals surface area (Å²) < 4.78 is 22.1. The average molecular weight is 371 g/mol. The minimum Gasteiger partial charge on any atom is -0.399 e. The molecule has 0 aliphatic heterocycles. The van der Waals surface area contributed by atoms with E-state index in [0.717, 1.165) is 6.26 Å². The summed E-state index contributed by atoms with van der Waals surface area (Å²) in [5.41, 5.74) is 6.28. The van der Waals surface area contributed by atoms with Crippen molar-refractivity contribution in [2.75, 3.05) is 28.8 Å². The summed E-state index contributed by atoms with van der Waals surface area (Å²) in [6.07, 6.45) is 1.16. The Morgan fingerprint density at radius 2 is 1.90 bits per heavy atom. The average Bonchev–Trinajstić information content (AvgIpc) is 2.31. The molecule has 1 aromatic carbocycles. The first-order valence-corrected chi connectivity index (χ1v) is 9.81. The lowest BCUT2D eigenvalue weighted by Gasteiger charge is -2.14. The van der Waals surface area contributed by atoms with Crippen molar-refractivity contribution < 1.29 is 13.2 Å². The number of sulfone groups is 1. The third kappa shape index (κ3) is 6.34. The van der Waals surface area contributed by atoms with Crippen molar-refractivity contribution in [3.05, 3.63) is 22.2 Å². The highest BCUT2D eigenvalue weighted by Gasteiger charge is 2.17. The van der Waals surface area contributed by atoms with E-state index in [9.17, 15) is 13.2 Å². The number of benzene rings is 1. The van der Waals surface area contributed by atoms with E-state index in [4.69, 9.17) is 28.9 Å². The molecular formula is C12H16Cl2N2O3S2. The van der Waals surface area contributed by atoms with Gasteiger partial charge in [-0.1, -0.05) is 23.2 Å². The SMILES string of the molecule is CC(SCCS(C)(=O)=O)C(=O)Nc1c(Cl)cc(N)cc1Cl. The maximum atomic E-state index is 12.0. The molecule has 5 nitrogen and oxygen atoms in total. The molecule has 0 radical (unpaired) electrons. The van der Waals surface area contributed by atoms with Crippen molar-refractivity contribution in [3.63, 3.8) is 0 Å². The summed E-state index contributed by atoms with van der Waals surface area (Å²) in [5, 5.41) is 2.69. The van der Waals surface area contributed by atoms with E-state index in [1.807, 2.05) is 0 Å². The smallest absolute Gasteiger partial charge is 0.237 e. The summed E-state index contributed by atoms with van der Waals surface area (Å²) in [6, 6.07) is 2.98. The van der Waals surface area contributed by atoms with Crippen molar-refractivity contribution >= 4 is 62.1 Å². The van der Waals surface area contributed by atoms with Gasteiger partial charge < -0.3 is 11.1 Å². The van der Waals surface area contributed by atoms with E-state index in [-0.39, 0.29) is 21.7 Å². The molecule has 0 saturated carbocycles. The number of nitrogens with one attached hydrogen (secondary N) is 1. The van der Waals surface area contributed by atoms with Crippen LogP contribution in [0.15, 0.2) is 12.1 Å². The summed E-state index contributed by atoms with van der Waals surface area (Å²) >= 11 is 13.2. The molecule has 1 rings (SSSR count). The van der Waals surface area contributed by atoms with Crippen LogP contribution in [0.5, 0.6) is 0 Å². The van der Waals surface area contributed by atoms with Gasteiger partial charge in [0.05, 0.1) is 26.7 Å². The molecule has 1 aromatic rings. The Labute approximate surface area is 138 Å². The Bertz CT molecular complexity index is 612. The van der Waals surface area contributed by atoms with E-state index in [2.05, 4.69) is 5.32 Å². The molecule has 1 amide bonds. The number of hydrogen-bond donors (Lipinski definition) is 2. The molecule has 1 unspecified atom stereocenters. The van der Waals surface area contributed by atoms with E-state index >= 15 is 0 Å². The van der Waals surface area contributed by atoms with Crippen LogP contribution in [0.25, 0.3) is 0 Å². The molecule has 0 fully saturated rings. The predicted molar refractivity (Wildman–Crippen MR) is 91.1 cm³/mol. The van der Waals surface area contributed by atoms with Crippen LogP contribution in [0.1, 0.15) is 6.92 Å². The monoisotopic (exact) mass is 370 g/mol. The Hall–Kier alpha value is -0.630. The van der Waals surface area contributed by atoms with Crippen LogP contribution in [-0.4, -0.2) is 37.3 Å². The molecule has 21 heavy (non-hydrogen) atoms. The number of rotatable bonds is 6. The number of thioether (sulfide) groups is 1. The van der Waals surface area contributed by atoms with Gasteiger partial charge >= 0.3 is 0 Å². The molecule has 0 aliphatic carbocycles. The standard InChI is InChI=1S/C12H16Cl2N2O3S2/c1-7(20-3-4-21(2,18)19)12(17)16-11-9(13)5-8(15)6-10(11)14/h5-7H,3-4,15H2,1-2H3,(H,16,17). The van der Waals surface area contributed by atoms with E-state index < -0.39 is 15.1 Å². The Morgan fingerprint density at radius 1 is 1.38 bits per heavy atom. The number of carbonyl (C=O) groups excluding carboxylic acids is 1. The van der Waals surface area contributed by atoms with Gasteiger partial charge in [0.2, 0.25) is 5.91 Å². The molecule has 0 aliphatic rings. The number of nitrogen functional groups attached to an aromatic ring is 1. The number of anilines is 2. The molecule has 9 heteroatoms. The van der Waals surface area contributed by atoms with Crippen LogP contribution in [0.3, 0.4) is 0 Å². The van der Waals surface area contributed by atoms with Crippen molar-refractivity contribution in [2.24, 2.45) is 0 Å². The molecule has 0 heterocycles. The predicted octanol–water partition coefficient (Wildman–Crippen LogP) is 2.68. The third-order valence-electron chi connectivity index (χ3n) is 2.50. The number of carbonyl (C=O) groups is 1. The Kier molecular flexibility index (Phi) is 6.65. The number of nitrogens with two attached hydrogens (primary N) is 1. The second kappa shape index (κ2) is 7.58. The van der Waals surface area contributed by atoms with Gasteiger partial charge in [-0.25, -0.2) is 8.42 Å². The first-order chi connectivity index (χ1) is 9.60. The van der Waals surface area contributed by atoms with Crippen LogP contribution >= 0.6 is 35.0 Å². The van der Waals surface area contributed by atoms with E-state index in [0.29, 0.717) is 17.1 Å². The summed E-state index contributed by atoms with van der Waals surface area (Å²) in [6.45, 7) is 1.68. The zero-order chi connectivity index (χ0) is 16.2. The van der Waals surface area contributed by atoms with Gasteiger partial charge in [0, 0.05) is 17.7 Å². The number of amides is 1. The van der Waals surface area contributed by atoms with Crippen LogP contribution < -0.4 is 11.1 Å². The minimum absolute atomic E-state index is 0.0265. The lowest BCUT2D eigenvalue weighted by molar-refractivity contribution is -0.115. The zero-order valence-corrected chi connectivity index (χ0v) is 14.7. The van der Waals surface area contributed by atoms with Gasteiger partial charge in [-0.3, -0.25) is 4.79 Å². The maximum Gasteiger partial charge on any atom is 0.237 e. The van der Waals surface area contributed by atoms with E-state index in [1.54, 1.807) is 6.92 Å². The highest BCUT2D eigenvalue weighted by Crippen LogP contribution is 2.33. The first-order valence-electron chi connectivity index (χ1n) is 5.95. The van der Waals surface area contributed by atoms with Gasteiger partial charge in [-0.2, -0.15) is 0 Å². The van der Waals surface area contributed by atoms with Gasteiger partial charge in [0.15, 0.2) is 0 Å². The summed E-state index contributed by atoms with van der Waals surface area (Å²) in [4.78, 5) is 12.0. The first kappa shape index (κ1) is 18.4. The van der Waals surface area contributed by atoms with Crippen molar-refractivity contribution in [2.45, 2.75) is 12.2 Å². The summed E-state index contributed by atoms with van der Waals surface area (Å²) in [5.74, 6) is 0.0667. The van der Waals surface area contributed by atoms with Crippen molar-refractivity contribution in [1.82, 2.24) is 0 Å². The number of halogens is 2. The molecular weight excluding hydrogens is 355 g/mol.